The van der Waals surface area contributed by atoms with E-state index in [9.17, 15) is 9.59 Å². The van der Waals surface area contributed by atoms with Crippen molar-refractivity contribution in [3.05, 3.63) is 87.2 Å². The van der Waals surface area contributed by atoms with Crippen molar-refractivity contribution in [1.29, 1.82) is 0 Å². The summed E-state index contributed by atoms with van der Waals surface area (Å²) >= 11 is 6.13. The number of benzene rings is 1. The largest absolute Gasteiger partial charge is 0.365 e. The molecule has 0 spiro atoms. The van der Waals surface area contributed by atoms with E-state index >= 15 is 0 Å². The van der Waals surface area contributed by atoms with E-state index in [4.69, 9.17) is 11.6 Å². The molecule has 32 heavy (non-hydrogen) atoms. The predicted molar refractivity (Wildman–Crippen MR) is 125 cm³/mol. The van der Waals surface area contributed by atoms with Gasteiger partial charge in [0, 0.05) is 42.8 Å². The van der Waals surface area contributed by atoms with E-state index in [0.29, 0.717) is 22.9 Å². The number of nitrogens with zero attached hydrogens (tertiary/aromatic N) is 3. The van der Waals surface area contributed by atoms with Crippen LogP contribution >= 0.6 is 11.6 Å². The van der Waals surface area contributed by atoms with Gasteiger partial charge in [0.2, 0.25) is 5.91 Å². The van der Waals surface area contributed by atoms with Crippen LogP contribution in [-0.2, 0) is 24.3 Å². The van der Waals surface area contributed by atoms with Gasteiger partial charge in [0.05, 0.1) is 5.02 Å². The number of H-pyrrole nitrogens is 1. The predicted octanol–water partition coefficient (Wildman–Crippen LogP) is 3.05. The Morgan fingerprint density at radius 3 is 2.78 bits per heavy atom. The number of amides is 1. The van der Waals surface area contributed by atoms with Gasteiger partial charge < -0.3 is 15.6 Å². The molecule has 0 aliphatic rings. The lowest BCUT2D eigenvalue weighted by molar-refractivity contribution is -0.121. The third kappa shape index (κ3) is 4.97. The molecule has 0 aliphatic carbocycles. The molecule has 0 saturated heterocycles. The van der Waals surface area contributed by atoms with Crippen molar-refractivity contribution < 1.29 is 4.79 Å². The molecule has 3 heterocycles. The molecule has 0 saturated carbocycles. The van der Waals surface area contributed by atoms with Crippen molar-refractivity contribution in [2.75, 3.05) is 11.9 Å². The highest BCUT2D eigenvalue weighted by molar-refractivity contribution is 6.35. The number of carbonyl (C=O) groups excluding carboxylic acids is 1. The lowest BCUT2D eigenvalue weighted by Gasteiger charge is -2.12. The molecule has 1 aromatic carbocycles. The van der Waals surface area contributed by atoms with Crippen LogP contribution in [0.5, 0.6) is 0 Å². The first-order chi connectivity index (χ1) is 15.5. The molecule has 0 radical (unpaired) electrons. The summed E-state index contributed by atoms with van der Waals surface area (Å²) in [4.78, 5) is 36.8. The molecule has 0 unspecified atom stereocenters. The zero-order valence-corrected chi connectivity index (χ0v) is 18.3. The summed E-state index contributed by atoms with van der Waals surface area (Å²) in [6.07, 6.45) is 5.70. The number of halogens is 1. The van der Waals surface area contributed by atoms with Crippen LogP contribution in [-0.4, -0.2) is 32.0 Å². The quantitative estimate of drug-likeness (QED) is 0.382. The van der Waals surface area contributed by atoms with Crippen LogP contribution in [0.1, 0.15) is 16.8 Å². The molecule has 0 aliphatic heterocycles. The fraction of sp³-hybridized carbons (Fsp3) is 0.217. The summed E-state index contributed by atoms with van der Waals surface area (Å²) in [5.41, 5.74) is 2.96. The summed E-state index contributed by atoms with van der Waals surface area (Å²) in [6, 6.07) is 11.9. The number of rotatable bonds is 8. The van der Waals surface area contributed by atoms with E-state index in [1.54, 1.807) is 25.5 Å². The van der Waals surface area contributed by atoms with Crippen molar-refractivity contribution in [2.45, 2.75) is 26.4 Å². The molecule has 0 fully saturated rings. The number of aryl methyl sites for hydroxylation is 1. The van der Waals surface area contributed by atoms with E-state index in [0.717, 1.165) is 17.4 Å². The van der Waals surface area contributed by atoms with E-state index < -0.39 is 0 Å². The second-order valence-corrected chi connectivity index (χ2v) is 7.86. The maximum absolute atomic E-state index is 12.8. The fourth-order valence-corrected chi connectivity index (χ4v) is 3.57. The molecule has 8 nitrogen and oxygen atoms in total. The number of anilines is 1. The molecule has 9 heteroatoms. The number of carbonyl (C=O) groups is 1. The van der Waals surface area contributed by atoms with Gasteiger partial charge >= 0.3 is 0 Å². The standard InChI is InChI=1S/C23H23ClN6O2/c1-15-10-27-22(25-8-7-16-5-3-2-4-6-16)23(32)30(15)14-20(31)26-11-17-9-18-19(24)13-29-21(18)28-12-17/h2-6,9-10,12-13H,7-8,11,14H2,1H3,(H,25,27)(H,26,31)(H,28,29). The zero-order chi connectivity index (χ0) is 22.5. The highest BCUT2D eigenvalue weighted by atomic mass is 35.5. The number of pyridine rings is 1. The van der Waals surface area contributed by atoms with Gasteiger partial charge in [0.25, 0.3) is 5.56 Å². The summed E-state index contributed by atoms with van der Waals surface area (Å²) in [6.45, 7) is 2.51. The average molecular weight is 451 g/mol. The van der Waals surface area contributed by atoms with E-state index in [1.165, 1.54) is 10.1 Å². The number of hydrogen-bond acceptors (Lipinski definition) is 5. The topological polar surface area (TPSA) is 105 Å². The first-order valence-electron chi connectivity index (χ1n) is 10.2. The van der Waals surface area contributed by atoms with Crippen LogP contribution in [0.15, 0.2) is 59.8 Å². The maximum Gasteiger partial charge on any atom is 0.293 e. The Hall–Kier alpha value is -3.65. The number of hydrogen-bond donors (Lipinski definition) is 3. The molecule has 1 amide bonds. The summed E-state index contributed by atoms with van der Waals surface area (Å²) in [5, 5.41) is 7.28. The minimum Gasteiger partial charge on any atom is -0.365 e. The summed E-state index contributed by atoms with van der Waals surface area (Å²) in [5.74, 6) is -0.0482. The van der Waals surface area contributed by atoms with Crippen LogP contribution in [0.4, 0.5) is 5.82 Å². The third-order valence-electron chi connectivity index (χ3n) is 5.13. The van der Waals surface area contributed by atoms with Crippen molar-refractivity contribution in [3.63, 3.8) is 0 Å². The SMILES string of the molecule is Cc1cnc(NCCc2ccccc2)c(=O)n1CC(=O)NCc1cnc2[nH]cc(Cl)c2c1. The van der Waals surface area contributed by atoms with Crippen molar-refractivity contribution in [3.8, 4) is 0 Å². The van der Waals surface area contributed by atoms with Crippen LogP contribution in [0.3, 0.4) is 0 Å². The maximum atomic E-state index is 12.8. The van der Waals surface area contributed by atoms with Crippen LogP contribution in [0.2, 0.25) is 5.02 Å². The van der Waals surface area contributed by atoms with Gasteiger partial charge in [0.15, 0.2) is 5.82 Å². The van der Waals surface area contributed by atoms with Gasteiger partial charge in [0.1, 0.15) is 12.2 Å². The highest BCUT2D eigenvalue weighted by Crippen LogP contribution is 2.21. The third-order valence-corrected chi connectivity index (χ3v) is 5.44. The number of aromatic amines is 1. The number of fused-ring (bicyclic) bond motifs is 1. The fourth-order valence-electron chi connectivity index (χ4n) is 3.37. The van der Waals surface area contributed by atoms with Crippen LogP contribution in [0, 0.1) is 6.92 Å². The first kappa shape index (κ1) is 21.6. The van der Waals surface area contributed by atoms with E-state index in [2.05, 4.69) is 25.6 Å². The van der Waals surface area contributed by atoms with Crippen LogP contribution in [0.25, 0.3) is 11.0 Å². The highest BCUT2D eigenvalue weighted by Gasteiger charge is 2.12. The first-order valence-corrected chi connectivity index (χ1v) is 10.6. The van der Waals surface area contributed by atoms with Gasteiger partial charge in [-0.25, -0.2) is 9.97 Å². The molecule has 3 aromatic heterocycles. The van der Waals surface area contributed by atoms with Gasteiger partial charge in [-0.05, 0) is 30.5 Å². The van der Waals surface area contributed by atoms with Crippen LogP contribution < -0.4 is 16.2 Å². The second kappa shape index (κ2) is 9.65. The second-order valence-electron chi connectivity index (χ2n) is 7.45. The summed E-state index contributed by atoms with van der Waals surface area (Å²) < 4.78 is 1.41. The van der Waals surface area contributed by atoms with Crippen molar-refractivity contribution >= 4 is 34.4 Å². The van der Waals surface area contributed by atoms with Gasteiger partial charge in [-0.2, -0.15) is 0 Å². The lowest BCUT2D eigenvalue weighted by Crippen LogP contribution is -2.34. The number of aromatic nitrogens is 4. The molecular formula is C23H23ClN6O2. The number of nitrogens with one attached hydrogen (secondary N) is 3. The monoisotopic (exact) mass is 450 g/mol. The van der Waals surface area contributed by atoms with Crippen molar-refractivity contribution in [1.82, 2.24) is 24.8 Å². The Morgan fingerprint density at radius 2 is 1.97 bits per heavy atom. The molecule has 0 atom stereocenters. The van der Waals surface area contributed by atoms with Gasteiger partial charge in [-0.1, -0.05) is 41.9 Å². The zero-order valence-electron chi connectivity index (χ0n) is 17.6. The lowest BCUT2D eigenvalue weighted by atomic mass is 10.1. The summed E-state index contributed by atoms with van der Waals surface area (Å²) in [7, 11) is 0. The molecule has 4 rings (SSSR count). The van der Waals surface area contributed by atoms with Crippen molar-refractivity contribution in [2.24, 2.45) is 0 Å². The van der Waals surface area contributed by atoms with E-state index in [-0.39, 0.29) is 30.4 Å². The van der Waals surface area contributed by atoms with Gasteiger partial charge in [-0.15, -0.1) is 0 Å². The average Bonchev–Trinajstić information content (AvgIpc) is 3.17. The molecule has 0 bridgehead atoms. The minimum atomic E-state index is -0.324. The smallest absolute Gasteiger partial charge is 0.293 e. The van der Waals surface area contributed by atoms with E-state index in [1.807, 2.05) is 36.4 Å². The Kier molecular flexibility index (Phi) is 6.51. The Bertz CT molecular complexity index is 1300. The van der Waals surface area contributed by atoms with Gasteiger partial charge in [-0.3, -0.25) is 14.2 Å². The Morgan fingerprint density at radius 1 is 1.16 bits per heavy atom. The molecular weight excluding hydrogens is 428 g/mol. The normalized spacial score (nSPS) is 10.9. The minimum absolute atomic E-state index is 0.0961. The molecule has 4 aromatic rings. The Balaban J connectivity index is 1.37. The molecule has 3 N–H and O–H groups in total. The Labute approximate surface area is 189 Å². The molecule has 164 valence electrons.